The summed E-state index contributed by atoms with van der Waals surface area (Å²) in [5, 5.41) is 6.36. The number of anilines is 1. The Morgan fingerprint density at radius 2 is 1.68 bits per heavy atom. The first-order chi connectivity index (χ1) is 13.6. The van der Waals surface area contributed by atoms with E-state index in [1.807, 2.05) is 62.4 Å². The van der Waals surface area contributed by atoms with Gasteiger partial charge in [-0.2, -0.15) is 5.10 Å². The second kappa shape index (κ2) is 7.64. The number of benzene rings is 2. The molecule has 2 heterocycles. The van der Waals surface area contributed by atoms with Crippen LogP contribution in [0, 0.1) is 13.8 Å². The zero-order chi connectivity index (χ0) is 19.5. The van der Waals surface area contributed by atoms with E-state index in [0.717, 1.165) is 45.5 Å². The molecule has 2 aromatic heterocycles. The van der Waals surface area contributed by atoms with Gasteiger partial charge < -0.3 is 4.42 Å². The Morgan fingerprint density at radius 3 is 2.39 bits per heavy atom. The fourth-order valence-electron chi connectivity index (χ4n) is 3.16. The maximum absolute atomic E-state index is 6.16. The molecule has 0 unspecified atom stereocenters. The Hall–Kier alpha value is -3.47. The minimum Gasteiger partial charge on any atom is -0.456 e. The van der Waals surface area contributed by atoms with Crippen LogP contribution in [0.15, 0.2) is 70.2 Å². The molecule has 2 aromatic carbocycles. The van der Waals surface area contributed by atoms with E-state index < -0.39 is 0 Å². The highest BCUT2D eigenvalue weighted by Crippen LogP contribution is 2.22. The van der Waals surface area contributed by atoms with E-state index in [2.05, 4.69) is 39.6 Å². The molecule has 0 fully saturated rings. The fraction of sp³-hybridized carbons (Fsp3) is 0.174. The van der Waals surface area contributed by atoms with Crippen molar-refractivity contribution in [3.05, 3.63) is 83.0 Å². The van der Waals surface area contributed by atoms with Crippen LogP contribution in [0.4, 0.5) is 5.95 Å². The number of fused-ring (bicyclic) bond motifs is 1. The largest absolute Gasteiger partial charge is 0.456 e. The van der Waals surface area contributed by atoms with Crippen molar-refractivity contribution < 1.29 is 4.42 Å². The van der Waals surface area contributed by atoms with Crippen LogP contribution in [0.3, 0.4) is 0 Å². The number of aryl methyl sites for hydroxylation is 3. The lowest BCUT2D eigenvalue weighted by Crippen LogP contribution is -2.09. The Balaban J connectivity index is 1.88. The molecule has 4 rings (SSSR count). The lowest BCUT2D eigenvalue weighted by molar-refractivity contribution is 0.618. The van der Waals surface area contributed by atoms with Crippen LogP contribution in [0.5, 0.6) is 0 Å². The summed E-state index contributed by atoms with van der Waals surface area (Å²) in [5.41, 5.74) is 7.84. The van der Waals surface area contributed by atoms with E-state index in [1.165, 1.54) is 5.56 Å². The molecule has 140 valence electrons. The summed E-state index contributed by atoms with van der Waals surface area (Å²) in [4.78, 5) is 8.81. The SMILES string of the molecule is CCc1ccc2oc(-c3ccccc3)c/c(=N\Nc3nc(C)cc(C)n3)c2c1. The van der Waals surface area contributed by atoms with E-state index in [1.54, 1.807) is 0 Å². The molecule has 1 N–H and O–H groups in total. The molecule has 0 amide bonds. The molecule has 0 aliphatic carbocycles. The zero-order valence-electron chi connectivity index (χ0n) is 16.2. The summed E-state index contributed by atoms with van der Waals surface area (Å²) in [5.74, 6) is 1.25. The first-order valence-corrected chi connectivity index (χ1v) is 9.36. The maximum Gasteiger partial charge on any atom is 0.243 e. The highest BCUT2D eigenvalue weighted by atomic mass is 16.3. The van der Waals surface area contributed by atoms with Crippen LogP contribution in [0.1, 0.15) is 23.9 Å². The summed E-state index contributed by atoms with van der Waals surface area (Å²) in [6.07, 6.45) is 0.948. The van der Waals surface area contributed by atoms with Crippen molar-refractivity contribution in [2.45, 2.75) is 27.2 Å². The average Bonchev–Trinajstić information content (AvgIpc) is 2.71. The minimum absolute atomic E-state index is 0.486. The lowest BCUT2D eigenvalue weighted by atomic mass is 10.1. The van der Waals surface area contributed by atoms with Crippen LogP contribution in [-0.4, -0.2) is 9.97 Å². The first-order valence-electron chi connectivity index (χ1n) is 9.36. The van der Waals surface area contributed by atoms with Crippen LogP contribution in [0.2, 0.25) is 0 Å². The Morgan fingerprint density at radius 1 is 0.929 bits per heavy atom. The van der Waals surface area contributed by atoms with Gasteiger partial charge in [-0.1, -0.05) is 43.3 Å². The number of aromatic nitrogens is 2. The molecule has 5 nitrogen and oxygen atoms in total. The summed E-state index contributed by atoms with van der Waals surface area (Å²) < 4.78 is 6.16. The molecule has 28 heavy (non-hydrogen) atoms. The van der Waals surface area contributed by atoms with Gasteiger partial charge in [0.15, 0.2) is 0 Å². The monoisotopic (exact) mass is 370 g/mol. The van der Waals surface area contributed by atoms with E-state index in [0.29, 0.717) is 5.95 Å². The van der Waals surface area contributed by atoms with Gasteiger partial charge in [-0.3, -0.25) is 0 Å². The zero-order valence-corrected chi connectivity index (χ0v) is 16.2. The smallest absolute Gasteiger partial charge is 0.243 e. The normalized spacial score (nSPS) is 11.8. The van der Waals surface area contributed by atoms with Crippen molar-refractivity contribution in [3.8, 4) is 11.3 Å². The van der Waals surface area contributed by atoms with Gasteiger partial charge in [-0.15, -0.1) is 0 Å². The number of rotatable bonds is 4. The van der Waals surface area contributed by atoms with E-state index in [9.17, 15) is 0 Å². The molecule has 0 radical (unpaired) electrons. The van der Waals surface area contributed by atoms with Gasteiger partial charge in [0.1, 0.15) is 11.3 Å². The fourth-order valence-corrected chi connectivity index (χ4v) is 3.16. The van der Waals surface area contributed by atoms with Gasteiger partial charge in [-0.25, -0.2) is 15.4 Å². The van der Waals surface area contributed by atoms with Crippen LogP contribution in [-0.2, 0) is 6.42 Å². The molecule has 4 aromatic rings. The summed E-state index contributed by atoms with van der Waals surface area (Å²) >= 11 is 0. The average molecular weight is 370 g/mol. The van der Waals surface area contributed by atoms with E-state index in [4.69, 9.17) is 4.42 Å². The van der Waals surface area contributed by atoms with Crippen molar-refractivity contribution in [3.63, 3.8) is 0 Å². The van der Waals surface area contributed by atoms with Crippen molar-refractivity contribution in [1.29, 1.82) is 0 Å². The molecule has 0 aliphatic rings. The summed E-state index contributed by atoms with van der Waals surface area (Å²) in [7, 11) is 0. The van der Waals surface area contributed by atoms with Gasteiger partial charge in [0.2, 0.25) is 5.95 Å². The molecular weight excluding hydrogens is 348 g/mol. The predicted molar refractivity (Wildman–Crippen MR) is 112 cm³/mol. The van der Waals surface area contributed by atoms with Gasteiger partial charge >= 0.3 is 0 Å². The van der Waals surface area contributed by atoms with Gasteiger partial charge in [0.05, 0.1) is 5.36 Å². The lowest BCUT2D eigenvalue weighted by Gasteiger charge is -2.07. The molecule has 0 aliphatic heterocycles. The highest BCUT2D eigenvalue weighted by Gasteiger charge is 2.07. The van der Waals surface area contributed by atoms with E-state index in [-0.39, 0.29) is 0 Å². The van der Waals surface area contributed by atoms with E-state index >= 15 is 0 Å². The van der Waals surface area contributed by atoms with Crippen molar-refractivity contribution >= 4 is 16.9 Å². The Labute approximate surface area is 163 Å². The maximum atomic E-state index is 6.16. The van der Waals surface area contributed by atoms with Gasteiger partial charge in [0, 0.05) is 28.4 Å². The molecule has 0 spiro atoms. The molecule has 5 heteroatoms. The van der Waals surface area contributed by atoms with Gasteiger partial charge in [-0.05, 0) is 44.0 Å². The minimum atomic E-state index is 0.486. The highest BCUT2D eigenvalue weighted by molar-refractivity contribution is 5.79. The second-order valence-electron chi connectivity index (χ2n) is 6.74. The van der Waals surface area contributed by atoms with Crippen LogP contribution < -0.4 is 10.8 Å². The predicted octanol–water partition coefficient (Wildman–Crippen LogP) is 5.00. The topological polar surface area (TPSA) is 63.3 Å². The van der Waals surface area contributed by atoms with Crippen LogP contribution in [0.25, 0.3) is 22.3 Å². The first kappa shape index (κ1) is 17.9. The molecule has 0 atom stereocenters. The second-order valence-corrected chi connectivity index (χ2v) is 6.74. The van der Waals surface area contributed by atoms with Crippen molar-refractivity contribution in [1.82, 2.24) is 9.97 Å². The number of hydrogen-bond acceptors (Lipinski definition) is 5. The molecule has 0 saturated heterocycles. The Bertz CT molecular complexity index is 1180. The summed E-state index contributed by atoms with van der Waals surface area (Å²) in [6.45, 7) is 6.02. The standard InChI is InChI=1S/C23H22N4O/c1-4-17-10-11-21-19(13-17)20(14-22(28-21)18-8-6-5-7-9-18)26-27-23-24-15(2)12-16(3)25-23/h5-14H,4H2,1-3H3,(H,24,25,27)/b26-20+. The number of hydrogen-bond donors (Lipinski definition) is 1. The van der Waals surface area contributed by atoms with Gasteiger partial charge in [0.25, 0.3) is 0 Å². The third kappa shape index (κ3) is 3.78. The number of nitrogens with one attached hydrogen (secondary N) is 1. The third-order valence-corrected chi connectivity index (χ3v) is 4.53. The molecule has 0 bridgehead atoms. The quantitative estimate of drug-likeness (QED) is 0.514. The van der Waals surface area contributed by atoms with Crippen LogP contribution >= 0.6 is 0 Å². The summed E-state index contributed by atoms with van der Waals surface area (Å²) in [6, 6.07) is 20.1. The van der Waals surface area contributed by atoms with Crippen molar-refractivity contribution in [2.75, 3.05) is 5.43 Å². The molecular formula is C23H22N4O. The number of nitrogens with zero attached hydrogens (tertiary/aromatic N) is 3. The van der Waals surface area contributed by atoms with Crippen molar-refractivity contribution in [2.24, 2.45) is 5.10 Å². The Kier molecular flexibility index (Phi) is 4.89. The third-order valence-electron chi connectivity index (χ3n) is 4.53. The molecule has 0 saturated carbocycles.